The van der Waals surface area contributed by atoms with Gasteiger partial charge in [0.25, 0.3) is 17.3 Å². The number of allylic oxidation sites excluding steroid dienone is 1. The second-order valence-electron chi connectivity index (χ2n) is 5.94. The minimum absolute atomic E-state index is 0.0420. The average Bonchev–Trinajstić information content (AvgIpc) is 2.69. The van der Waals surface area contributed by atoms with Crippen LogP contribution in [-0.2, 0) is 14.4 Å². The lowest BCUT2D eigenvalue weighted by Crippen LogP contribution is -2.69. The van der Waals surface area contributed by atoms with Crippen LogP contribution in [0.25, 0.3) is 6.08 Å². The van der Waals surface area contributed by atoms with Gasteiger partial charge in [0.1, 0.15) is 17.1 Å². The highest BCUT2D eigenvalue weighted by atomic mass is 32.2. The van der Waals surface area contributed by atoms with E-state index in [0.717, 1.165) is 17.0 Å². The van der Waals surface area contributed by atoms with Crippen LogP contribution in [-0.4, -0.2) is 55.3 Å². The standard InChI is InChI=1S/C16H12N4O8S/c21-7-17-12-14(22)18-13(16(23)24)9(6-29-15(12)18)2-1-8-3-4-10(19(25)26)5-11(8)20(27)28/h1-5,7,12,15H,6H2,(H,17,21)(H,23,24)/t12-,15-/m1/s1. The number of hydrogen-bond acceptors (Lipinski definition) is 8. The summed E-state index contributed by atoms with van der Waals surface area (Å²) in [6, 6.07) is 2.28. The summed E-state index contributed by atoms with van der Waals surface area (Å²) in [4.78, 5) is 56.0. The molecule has 13 heteroatoms. The van der Waals surface area contributed by atoms with Crippen molar-refractivity contribution < 1.29 is 29.3 Å². The molecule has 0 aliphatic carbocycles. The molecule has 2 N–H and O–H groups in total. The lowest BCUT2D eigenvalue weighted by Gasteiger charge is -2.48. The van der Waals surface area contributed by atoms with Crippen LogP contribution in [0.3, 0.4) is 0 Å². The molecule has 2 aliphatic rings. The first-order chi connectivity index (χ1) is 13.8. The van der Waals surface area contributed by atoms with E-state index < -0.39 is 44.5 Å². The lowest BCUT2D eigenvalue weighted by molar-refractivity contribution is -0.394. The first-order valence-corrected chi connectivity index (χ1v) is 9.03. The van der Waals surface area contributed by atoms with Gasteiger partial charge in [-0.05, 0) is 17.7 Å². The zero-order valence-corrected chi connectivity index (χ0v) is 15.2. The zero-order chi connectivity index (χ0) is 21.3. The molecular weight excluding hydrogens is 408 g/mol. The molecule has 0 radical (unpaired) electrons. The third-order valence-electron chi connectivity index (χ3n) is 4.33. The van der Waals surface area contributed by atoms with E-state index in [2.05, 4.69) is 5.32 Å². The number of carboxylic acid groups (broad SMARTS) is 1. The number of amides is 2. The van der Waals surface area contributed by atoms with Gasteiger partial charge in [0.2, 0.25) is 6.41 Å². The van der Waals surface area contributed by atoms with Crippen LogP contribution in [0.15, 0.2) is 35.5 Å². The highest BCUT2D eigenvalue weighted by molar-refractivity contribution is 8.00. The minimum Gasteiger partial charge on any atom is -0.477 e. The molecular formula is C16H12N4O8S. The van der Waals surface area contributed by atoms with Gasteiger partial charge in [-0.1, -0.05) is 6.08 Å². The normalized spacial score (nSPS) is 20.8. The quantitative estimate of drug-likeness (QED) is 0.281. The van der Waals surface area contributed by atoms with E-state index in [0.29, 0.717) is 6.41 Å². The van der Waals surface area contributed by atoms with Crippen molar-refractivity contribution in [2.75, 3.05) is 5.75 Å². The first-order valence-electron chi connectivity index (χ1n) is 7.98. The number of nitro benzene ring substituents is 2. The topological polar surface area (TPSA) is 173 Å². The Balaban J connectivity index is 1.96. The van der Waals surface area contributed by atoms with Gasteiger partial charge < -0.3 is 10.4 Å². The van der Waals surface area contributed by atoms with Crippen LogP contribution in [0.4, 0.5) is 11.4 Å². The Morgan fingerprint density at radius 2 is 2.00 bits per heavy atom. The Morgan fingerprint density at radius 3 is 2.59 bits per heavy atom. The molecule has 1 saturated heterocycles. The summed E-state index contributed by atoms with van der Waals surface area (Å²) in [5.74, 6) is -1.74. The lowest BCUT2D eigenvalue weighted by atomic mass is 10.0. The number of carboxylic acids is 1. The van der Waals surface area contributed by atoms with E-state index in [1.54, 1.807) is 0 Å². The van der Waals surface area contributed by atoms with Crippen molar-refractivity contribution in [1.29, 1.82) is 0 Å². The maximum absolute atomic E-state index is 12.2. The fourth-order valence-electron chi connectivity index (χ4n) is 3.00. The second-order valence-corrected chi connectivity index (χ2v) is 7.05. The number of nitrogens with one attached hydrogen (secondary N) is 1. The summed E-state index contributed by atoms with van der Waals surface area (Å²) in [7, 11) is 0. The van der Waals surface area contributed by atoms with Crippen molar-refractivity contribution in [2.45, 2.75) is 11.4 Å². The van der Waals surface area contributed by atoms with Crippen LogP contribution < -0.4 is 5.32 Å². The summed E-state index contributed by atoms with van der Waals surface area (Å²) >= 11 is 1.23. The molecule has 1 aromatic carbocycles. The van der Waals surface area contributed by atoms with E-state index in [-0.39, 0.29) is 22.6 Å². The van der Waals surface area contributed by atoms with Gasteiger partial charge in [0.05, 0.1) is 21.5 Å². The Morgan fingerprint density at radius 1 is 1.28 bits per heavy atom. The highest BCUT2D eigenvalue weighted by Gasteiger charge is 2.53. The van der Waals surface area contributed by atoms with Crippen molar-refractivity contribution in [1.82, 2.24) is 10.2 Å². The largest absolute Gasteiger partial charge is 0.477 e. The molecule has 3 rings (SSSR count). The molecule has 2 aliphatic heterocycles. The summed E-state index contributed by atoms with van der Waals surface area (Å²) in [5.41, 5.74) is -0.951. The third kappa shape index (κ3) is 3.54. The molecule has 1 fully saturated rings. The number of hydrogen-bond donors (Lipinski definition) is 2. The zero-order valence-electron chi connectivity index (χ0n) is 14.4. The molecule has 0 saturated carbocycles. The van der Waals surface area contributed by atoms with E-state index in [1.165, 1.54) is 30.0 Å². The van der Waals surface area contributed by atoms with Gasteiger partial charge in [-0.25, -0.2) is 4.79 Å². The number of nitro groups is 2. The molecule has 0 aromatic heterocycles. The maximum Gasteiger partial charge on any atom is 0.352 e. The first kappa shape index (κ1) is 20.0. The predicted molar refractivity (Wildman–Crippen MR) is 99.5 cm³/mol. The van der Waals surface area contributed by atoms with Crippen molar-refractivity contribution in [3.63, 3.8) is 0 Å². The molecule has 2 heterocycles. The van der Waals surface area contributed by atoms with Gasteiger partial charge in [-0.15, -0.1) is 11.8 Å². The Labute approximate surface area is 166 Å². The number of aliphatic carboxylic acids is 1. The third-order valence-corrected chi connectivity index (χ3v) is 5.64. The molecule has 0 bridgehead atoms. The minimum atomic E-state index is -1.36. The van der Waals surface area contributed by atoms with Gasteiger partial charge in [0, 0.05) is 11.8 Å². The van der Waals surface area contributed by atoms with Crippen molar-refractivity contribution in [3.05, 3.63) is 61.3 Å². The highest BCUT2D eigenvalue weighted by Crippen LogP contribution is 2.40. The van der Waals surface area contributed by atoms with Gasteiger partial charge in [-0.2, -0.15) is 0 Å². The van der Waals surface area contributed by atoms with Gasteiger partial charge >= 0.3 is 5.97 Å². The molecule has 150 valence electrons. The Hall–Kier alpha value is -3.74. The number of benzene rings is 1. The predicted octanol–water partition coefficient (Wildman–Crippen LogP) is 0.885. The van der Waals surface area contributed by atoms with Crippen LogP contribution in [0.5, 0.6) is 0 Å². The van der Waals surface area contributed by atoms with E-state index in [9.17, 15) is 39.7 Å². The number of rotatable bonds is 7. The molecule has 2 atom stereocenters. The summed E-state index contributed by atoms with van der Waals surface area (Å²) in [6.45, 7) is 0. The number of fused-ring (bicyclic) bond motifs is 1. The molecule has 12 nitrogen and oxygen atoms in total. The summed E-state index contributed by atoms with van der Waals surface area (Å²) < 4.78 is 0. The molecule has 0 unspecified atom stereocenters. The number of thioether (sulfide) groups is 1. The van der Waals surface area contributed by atoms with E-state index in [4.69, 9.17) is 0 Å². The van der Waals surface area contributed by atoms with Crippen LogP contribution in [0.2, 0.25) is 0 Å². The number of nitrogens with zero attached hydrogens (tertiary/aromatic N) is 3. The summed E-state index contributed by atoms with van der Waals surface area (Å²) in [6.07, 6.45) is 2.97. The fourth-order valence-corrected chi connectivity index (χ4v) is 4.33. The number of β-lactam (4-membered cyclic amide) rings is 1. The maximum atomic E-state index is 12.2. The number of non-ortho nitro benzene ring substituents is 1. The number of carbonyl (C=O) groups is 3. The van der Waals surface area contributed by atoms with Gasteiger partial charge in [-0.3, -0.25) is 34.7 Å². The molecule has 2 amide bonds. The monoisotopic (exact) mass is 420 g/mol. The number of carbonyl (C=O) groups excluding carboxylic acids is 2. The van der Waals surface area contributed by atoms with Crippen molar-refractivity contribution in [3.8, 4) is 0 Å². The fraction of sp³-hybridized carbons (Fsp3) is 0.188. The second kappa shape index (κ2) is 7.71. The van der Waals surface area contributed by atoms with Crippen LogP contribution in [0.1, 0.15) is 5.56 Å². The molecule has 29 heavy (non-hydrogen) atoms. The Kier molecular flexibility index (Phi) is 5.32. The van der Waals surface area contributed by atoms with Crippen molar-refractivity contribution >= 4 is 47.5 Å². The molecule has 1 aromatic rings. The van der Waals surface area contributed by atoms with E-state index in [1.807, 2.05) is 0 Å². The Bertz CT molecular complexity index is 1000. The van der Waals surface area contributed by atoms with Crippen LogP contribution in [0, 0.1) is 20.2 Å². The SMILES string of the molecule is O=CN[C@@H]1C(=O)N2C(C(=O)O)=C(C=Cc3ccc([N+](=O)[O-])cc3[N+](=O)[O-])CS[C@H]12. The van der Waals surface area contributed by atoms with E-state index >= 15 is 0 Å². The van der Waals surface area contributed by atoms with Gasteiger partial charge in [0.15, 0.2) is 0 Å². The smallest absolute Gasteiger partial charge is 0.352 e. The molecule has 0 spiro atoms. The van der Waals surface area contributed by atoms with Crippen LogP contribution >= 0.6 is 11.8 Å². The van der Waals surface area contributed by atoms with Crippen molar-refractivity contribution in [2.24, 2.45) is 0 Å². The average molecular weight is 420 g/mol. The summed E-state index contributed by atoms with van der Waals surface area (Å²) in [5, 5.41) is 33.4.